The molecule has 0 amide bonds. The lowest BCUT2D eigenvalue weighted by Crippen LogP contribution is -2.19. The van der Waals surface area contributed by atoms with Crippen molar-refractivity contribution in [2.45, 2.75) is 20.8 Å². The SMILES string of the molecule is Cc1ccc(C)c(NC(=S)Nc2ccc(F)c(C)c2)c1. The molecule has 0 unspecified atom stereocenters. The van der Waals surface area contributed by atoms with E-state index in [1.807, 2.05) is 26.0 Å². The normalized spacial score (nSPS) is 10.2. The second-order valence-corrected chi connectivity index (χ2v) is 5.27. The van der Waals surface area contributed by atoms with E-state index in [-0.39, 0.29) is 5.82 Å². The summed E-state index contributed by atoms with van der Waals surface area (Å²) >= 11 is 5.28. The zero-order valence-electron chi connectivity index (χ0n) is 11.8. The lowest BCUT2D eigenvalue weighted by molar-refractivity contribution is 0.619. The fraction of sp³-hybridized carbons (Fsp3) is 0.188. The summed E-state index contributed by atoms with van der Waals surface area (Å²) in [7, 11) is 0. The molecule has 2 aromatic rings. The second kappa shape index (κ2) is 6.01. The van der Waals surface area contributed by atoms with Crippen molar-refractivity contribution < 1.29 is 4.39 Å². The topological polar surface area (TPSA) is 24.1 Å². The Labute approximate surface area is 124 Å². The Morgan fingerprint density at radius 1 is 0.950 bits per heavy atom. The molecule has 0 aliphatic rings. The first kappa shape index (κ1) is 14.5. The molecule has 0 atom stereocenters. The summed E-state index contributed by atoms with van der Waals surface area (Å²) in [5.41, 5.74) is 4.62. The van der Waals surface area contributed by atoms with Crippen LogP contribution in [0.3, 0.4) is 0 Å². The van der Waals surface area contributed by atoms with Crippen molar-refractivity contribution in [1.29, 1.82) is 0 Å². The van der Waals surface area contributed by atoms with Crippen LogP contribution < -0.4 is 10.6 Å². The van der Waals surface area contributed by atoms with Gasteiger partial charge in [0.2, 0.25) is 0 Å². The summed E-state index contributed by atoms with van der Waals surface area (Å²) in [5.74, 6) is -0.219. The Bertz CT molecular complexity index is 653. The van der Waals surface area contributed by atoms with Crippen LogP contribution in [-0.4, -0.2) is 5.11 Å². The predicted octanol–water partition coefficient (Wildman–Crippen LogP) is 4.56. The van der Waals surface area contributed by atoms with Crippen LogP contribution in [0, 0.1) is 26.6 Å². The Morgan fingerprint density at radius 3 is 2.40 bits per heavy atom. The highest BCUT2D eigenvalue weighted by molar-refractivity contribution is 7.80. The van der Waals surface area contributed by atoms with Gasteiger partial charge < -0.3 is 10.6 Å². The van der Waals surface area contributed by atoms with Crippen LogP contribution in [-0.2, 0) is 0 Å². The highest BCUT2D eigenvalue weighted by atomic mass is 32.1. The number of anilines is 2. The third-order valence-electron chi connectivity index (χ3n) is 3.06. The molecule has 0 aliphatic carbocycles. The minimum Gasteiger partial charge on any atom is -0.332 e. The van der Waals surface area contributed by atoms with E-state index in [9.17, 15) is 4.39 Å². The van der Waals surface area contributed by atoms with Gasteiger partial charge >= 0.3 is 0 Å². The van der Waals surface area contributed by atoms with Crippen molar-refractivity contribution in [3.63, 3.8) is 0 Å². The van der Waals surface area contributed by atoms with Crippen molar-refractivity contribution >= 4 is 28.7 Å². The fourth-order valence-electron chi connectivity index (χ4n) is 1.88. The number of thiocarbonyl (C=S) groups is 1. The smallest absolute Gasteiger partial charge is 0.175 e. The van der Waals surface area contributed by atoms with Crippen LogP contribution >= 0.6 is 12.2 Å². The minimum absolute atomic E-state index is 0.219. The molecule has 104 valence electrons. The first-order valence-corrected chi connectivity index (χ1v) is 6.78. The van der Waals surface area contributed by atoms with Gasteiger partial charge in [0.15, 0.2) is 5.11 Å². The molecule has 2 N–H and O–H groups in total. The summed E-state index contributed by atoms with van der Waals surface area (Å²) in [6.45, 7) is 5.78. The van der Waals surface area contributed by atoms with Crippen LogP contribution in [0.4, 0.5) is 15.8 Å². The molecule has 0 radical (unpaired) electrons. The zero-order valence-corrected chi connectivity index (χ0v) is 12.6. The van der Waals surface area contributed by atoms with E-state index < -0.39 is 0 Å². The van der Waals surface area contributed by atoms with E-state index in [0.717, 1.165) is 16.9 Å². The average Bonchev–Trinajstić information content (AvgIpc) is 2.38. The van der Waals surface area contributed by atoms with Crippen LogP contribution in [0.25, 0.3) is 0 Å². The Hall–Kier alpha value is -1.94. The third kappa shape index (κ3) is 3.54. The molecule has 0 fully saturated rings. The van der Waals surface area contributed by atoms with Crippen molar-refractivity contribution in [2.24, 2.45) is 0 Å². The van der Waals surface area contributed by atoms with Gasteiger partial charge in [0.1, 0.15) is 5.82 Å². The van der Waals surface area contributed by atoms with Crippen LogP contribution in [0.2, 0.25) is 0 Å². The number of nitrogens with one attached hydrogen (secondary N) is 2. The molecule has 2 rings (SSSR count). The summed E-state index contributed by atoms with van der Waals surface area (Å²) in [6, 6.07) is 11.0. The molecule has 2 nitrogen and oxygen atoms in total. The predicted molar refractivity (Wildman–Crippen MR) is 86.9 cm³/mol. The van der Waals surface area contributed by atoms with E-state index in [1.165, 1.54) is 11.6 Å². The number of aryl methyl sites for hydroxylation is 3. The van der Waals surface area contributed by atoms with E-state index in [0.29, 0.717) is 10.7 Å². The summed E-state index contributed by atoms with van der Waals surface area (Å²) in [5, 5.41) is 6.71. The number of hydrogen-bond acceptors (Lipinski definition) is 1. The monoisotopic (exact) mass is 288 g/mol. The summed E-state index contributed by atoms with van der Waals surface area (Å²) in [4.78, 5) is 0. The average molecular weight is 288 g/mol. The highest BCUT2D eigenvalue weighted by Crippen LogP contribution is 2.18. The zero-order chi connectivity index (χ0) is 14.7. The van der Waals surface area contributed by atoms with Crippen LogP contribution in [0.15, 0.2) is 36.4 Å². The van der Waals surface area contributed by atoms with Gasteiger partial charge in [-0.1, -0.05) is 12.1 Å². The fourth-order valence-corrected chi connectivity index (χ4v) is 2.11. The Kier molecular flexibility index (Phi) is 4.35. The Morgan fingerprint density at radius 2 is 1.70 bits per heavy atom. The molecule has 0 bridgehead atoms. The number of benzene rings is 2. The van der Waals surface area contributed by atoms with Gasteiger partial charge in [0.25, 0.3) is 0 Å². The maximum atomic E-state index is 13.2. The number of hydrogen-bond donors (Lipinski definition) is 2. The van der Waals surface area contributed by atoms with E-state index in [4.69, 9.17) is 12.2 Å². The van der Waals surface area contributed by atoms with Crippen molar-refractivity contribution in [3.05, 3.63) is 58.9 Å². The lowest BCUT2D eigenvalue weighted by Gasteiger charge is -2.13. The molecule has 2 aromatic carbocycles. The largest absolute Gasteiger partial charge is 0.332 e. The Balaban J connectivity index is 2.09. The summed E-state index contributed by atoms with van der Waals surface area (Å²) in [6.07, 6.45) is 0. The first-order valence-electron chi connectivity index (χ1n) is 6.37. The molecular weight excluding hydrogens is 271 g/mol. The molecule has 4 heteroatoms. The standard InChI is InChI=1S/C16H17FN2S/c1-10-4-5-11(2)15(8-10)19-16(20)18-13-6-7-14(17)12(3)9-13/h4-9H,1-3H3,(H2,18,19,20). The van der Waals surface area contributed by atoms with E-state index in [1.54, 1.807) is 19.1 Å². The lowest BCUT2D eigenvalue weighted by atomic mass is 10.1. The second-order valence-electron chi connectivity index (χ2n) is 4.86. The maximum absolute atomic E-state index is 13.2. The summed E-state index contributed by atoms with van der Waals surface area (Å²) < 4.78 is 13.2. The molecule has 0 saturated heterocycles. The van der Waals surface area contributed by atoms with Gasteiger partial charge in [-0.2, -0.15) is 0 Å². The molecular formula is C16H17FN2S. The van der Waals surface area contributed by atoms with Gasteiger partial charge in [0, 0.05) is 11.4 Å². The highest BCUT2D eigenvalue weighted by Gasteiger charge is 2.04. The van der Waals surface area contributed by atoms with Gasteiger partial charge in [-0.3, -0.25) is 0 Å². The van der Waals surface area contributed by atoms with Gasteiger partial charge in [0.05, 0.1) is 0 Å². The van der Waals surface area contributed by atoms with Crippen LogP contribution in [0.1, 0.15) is 16.7 Å². The minimum atomic E-state index is -0.219. The van der Waals surface area contributed by atoms with E-state index in [2.05, 4.69) is 16.7 Å². The van der Waals surface area contributed by atoms with Crippen molar-refractivity contribution in [2.75, 3.05) is 10.6 Å². The first-order chi connectivity index (χ1) is 9.45. The van der Waals surface area contributed by atoms with E-state index >= 15 is 0 Å². The molecule has 0 aromatic heterocycles. The molecule has 0 saturated carbocycles. The van der Waals surface area contributed by atoms with Crippen molar-refractivity contribution in [3.8, 4) is 0 Å². The van der Waals surface area contributed by atoms with Gasteiger partial charge in [-0.15, -0.1) is 0 Å². The molecule has 0 heterocycles. The molecule has 20 heavy (non-hydrogen) atoms. The number of halogens is 1. The van der Waals surface area contributed by atoms with Crippen molar-refractivity contribution in [1.82, 2.24) is 0 Å². The van der Waals surface area contributed by atoms with Gasteiger partial charge in [-0.25, -0.2) is 4.39 Å². The molecule has 0 aliphatic heterocycles. The number of rotatable bonds is 2. The third-order valence-corrected chi connectivity index (χ3v) is 3.26. The maximum Gasteiger partial charge on any atom is 0.175 e. The van der Waals surface area contributed by atoms with Gasteiger partial charge in [-0.05, 0) is 73.9 Å². The molecule has 0 spiro atoms. The van der Waals surface area contributed by atoms with Crippen LogP contribution in [0.5, 0.6) is 0 Å². The quantitative estimate of drug-likeness (QED) is 0.792.